The molecule has 35 heavy (non-hydrogen) atoms. The molecule has 1 saturated carbocycles. The molecule has 4 rings (SSSR count). The summed E-state index contributed by atoms with van der Waals surface area (Å²) in [6, 6.07) is 6.28. The number of unbranched alkanes of at least 4 members (excludes halogenated alkanes) is 1. The largest absolute Gasteiger partial charge is 0.342 e. The van der Waals surface area contributed by atoms with Gasteiger partial charge in [0.05, 0.1) is 4.92 Å². The number of rotatable bonds is 8. The number of amides is 2. The van der Waals surface area contributed by atoms with Crippen LogP contribution in [0.15, 0.2) is 24.3 Å². The highest BCUT2D eigenvalue weighted by Crippen LogP contribution is 2.36. The summed E-state index contributed by atoms with van der Waals surface area (Å²) in [6.07, 6.45) is 9.98. The van der Waals surface area contributed by atoms with Crippen LogP contribution in [-0.4, -0.2) is 57.8 Å². The van der Waals surface area contributed by atoms with Crippen LogP contribution in [0, 0.1) is 16.0 Å². The number of carbonyl (C=O) groups excluding carboxylic acids is 2. The smallest absolute Gasteiger partial charge is 0.269 e. The number of nitro groups is 1. The molecule has 0 radical (unpaired) electrons. The highest BCUT2D eigenvalue weighted by molar-refractivity contribution is 6.00. The molecule has 8 nitrogen and oxygen atoms in total. The van der Waals surface area contributed by atoms with Gasteiger partial charge in [-0.3, -0.25) is 24.6 Å². The van der Waals surface area contributed by atoms with Crippen LogP contribution in [-0.2, 0) is 16.1 Å². The lowest BCUT2D eigenvalue weighted by atomic mass is 9.79. The van der Waals surface area contributed by atoms with E-state index in [0.717, 1.165) is 37.7 Å². The van der Waals surface area contributed by atoms with Crippen LogP contribution in [0.2, 0.25) is 0 Å². The quantitative estimate of drug-likeness (QED) is 0.415. The van der Waals surface area contributed by atoms with Crippen molar-refractivity contribution in [3.05, 3.63) is 39.9 Å². The van der Waals surface area contributed by atoms with Crippen LogP contribution in [0.5, 0.6) is 0 Å². The molecule has 1 N–H and O–H groups in total. The third kappa shape index (κ3) is 6.15. The van der Waals surface area contributed by atoms with Crippen molar-refractivity contribution >= 4 is 29.9 Å². The van der Waals surface area contributed by atoms with Gasteiger partial charge in [0.25, 0.3) is 5.69 Å². The number of piperidine rings is 1. The molecule has 0 bridgehead atoms. The second-order valence-corrected chi connectivity index (χ2v) is 10.3. The van der Waals surface area contributed by atoms with Gasteiger partial charge in [-0.05, 0) is 37.2 Å². The normalized spacial score (nSPS) is 23.1. The summed E-state index contributed by atoms with van der Waals surface area (Å²) < 4.78 is 0. The molecule has 0 aromatic heterocycles. The maximum atomic E-state index is 13.6. The second-order valence-electron chi connectivity index (χ2n) is 10.3. The lowest BCUT2D eigenvalue weighted by molar-refractivity contribution is -0.384. The zero-order valence-corrected chi connectivity index (χ0v) is 21.6. The molecule has 2 amide bonds. The summed E-state index contributed by atoms with van der Waals surface area (Å²) in [6.45, 7) is 4.88. The average molecular weight is 507 g/mol. The maximum absolute atomic E-state index is 13.6. The first-order valence-electron chi connectivity index (χ1n) is 13.0. The van der Waals surface area contributed by atoms with Gasteiger partial charge >= 0.3 is 0 Å². The molecule has 2 heterocycles. The van der Waals surface area contributed by atoms with Gasteiger partial charge in [-0.15, -0.1) is 12.4 Å². The van der Waals surface area contributed by atoms with E-state index in [9.17, 15) is 19.7 Å². The number of nitrogens with zero attached hydrogens (tertiary/aromatic N) is 3. The van der Waals surface area contributed by atoms with Gasteiger partial charge < -0.3 is 10.2 Å². The minimum Gasteiger partial charge on any atom is -0.342 e. The molecular formula is C26H39ClN4O4. The fourth-order valence-electron chi connectivity index (χ4n) is 5.99. The van der Waals surface area contributed by atoms with Gasteiger partial charge in [-0.1, -0.05) is 57.6 Å². The zero-order valence-electron chi connectivity index (χ0n) is 20.7. The van der Waals surface area contributed by atoms with E-state index in [1.54, 1.807) is 12.1 Å². The first kappa shape index (κ1) is 27.4. The highest BCUT2D eigenvalue weighted by Gasteiger charge is 2.53. The summed E-state index contributed by atoms with van der Waals surface area (Å²) >= 11 is 0. The topological polar surface area (TPSA) is 95.8 Å². The van der Waals surface area contributed by atoms with E-state index in [0.29, 0.717) is 44.9 Å². The van der Waals surface area contributed by atoms with Crippen molar-refractivity contribution in [2.75, 3.05) is 19.6 Å². The van der Waals surface area contributed by atoms with Crippen molar-refractivity contribution in [3.63, 3.8) is 0 Å². The lowest BCUT2D eigenvalue weighted by Crippen LogP contribution is -2.73. The van der Waals surface area contributed by atoms with Crippen LogP contribution < -0.4 is 5.32 Å². The average Bonchev–Trinajstić information content (AvgIpc) is 2.85. The second kappa shape index (κ2) is 12.2. The molecule has 2 saturated heterocycles. The number of hydrogen-bond acceptors (Lipinski definition) is 5. The number of halogens is 1. The van der Waals surface area contributed by atoms with E-state index >= 15 is 0 Å². The molecule has 1 aromatic rings. The highest BCUT2D eigenvalue weighted by atomic mass is 35.5. The number of carbonyl (C=O) groups is 2. The monoisotopic (exact) mass is 506 g/mol. The number of piperazine rings is 1. The maximum Gasteiger partial charge on any atom is 0.269 e. The van der Waals surface area contributed by atoms with Crippen LogP contribution in [0.1, 0.15) is 76.7 Å². The Morgan fingerprint density at radius 3 is 2.34 bits per heavy atom. The van der Waals surface area contributed by atoms with E-state index in [1.807, 2.05) is 4.90 Å². The summed E-state index contributed by atoms with van der Waals surface area (Å²) in [5.74, 6) is 0.676. The Morgan fingerprint density at radius 2 is 1.74 bits per heavy atom. The van der Waals surface area contributed by atoms with Crippen LogP contribution in [0.3, 0.4) is 0 Å². The number of nitro benzene ring substituents is 1. The Hall–Kier alpha value is -2.19. The number of hydrogen-bond donors (Lipinski definition) is 1. The molecular weight excluding hydrogens is 468 g/mol. The summed E-state index contributed by atoms with van der Waals surface area (Å²) in [5.41, 5.74) is 0.357. The minimum absolute atomic E-state index is 0. The lowest BCUT2D eigenvalue weighted by Gasteiger charge is -2.52. The summed E-state index contributed by atoms with van der Waals surface area (Å²) in [4.78, 5) is 41.9. The Kier molecular flexibility index (Phi) is 9.53. The molecule has 3 aliphatic rings. The van der Waals surface area contributed by atoms with E-state index in [4.69, 9.17) is 0 Å². The van der Waals surface area contributed by atoms with E-state index in [1.165, 1.54) is 31.4 Å². The van der Waals surface area contributed by atoms with E-state index < -0.39 is 5.54 Å². The van der Waals surface area contributed by atoms with Crippen molar-refractivity contribution in [3.8, 4) is 0 Å². The van der Waals surface area contributed by atoms with Gasteiger partial charge in [0, 0.05) is 38.3 Å². The minimum atomic E-state index is -0.749. The third-order valence-corrected chi connectivity index (χ3v) is 8.07. The number of likely N-dealkylation sites (tertiary alicyclic amines) is 1. The predicted molar refractivity (Wildman–Crippen MR) is 137 cm³/mol. The van der Waals surface area contributed by atoms with E-state index in [2.05, 4.69) is 17.1 Å². The third-order valence-electron chi connectivity index (χ3n) is 8.07. The van der Waals surface area contributed by atoms with Gasteiger partial charge in [0.15, 0.2) is 0 Å². The van der Waals surface area contributed by atoms with Gasteiger partial charge in [0.1, 0.15) is 11.6 Å². The summed E-state index contributed by atoms with van der Waals surface area (Å²) in [5, 5.41) is 14.0. The zero-order chi connectivity index (χ0) is 24.1. The molecule has 1 atom stereocenters. The van der Waals surface area contributed by atoms with E-state index in [-0.39, 0.29) is 40.9 Å². The molecule has 1 spiro atoms. The molecule has 9 heteroatoms. The number of benzene rings is 1. The Morgan fingerprint density at radius 1 is 1.09 bits per heavy atom. The van der Waals surface area contributed by atoms with Crippen LogP contribution in [0.25, 0.3) is 0 Å². The predicted octanol–water partition coefficient (Wildman–Crippen LogP) is 4.45. The number of non-ortho nitro benzene ring substituents is 1. The van der Waals surface area contributed by atoms with Crippen molar-refractivity contribution in [2.24, 2.45) is 5.92 Å². The first-order chi connectivity index (χ1) is 16.4. The molecule has 1 unspecified atom stereocenters. The van der Waals surface area contributed by atoms with Crippen molar-refractivity contribution in [2.45, 2.75) is 89.3 Å². The fraction of sp³-hybridized carbons (Fsp3) is 0.692. The molecule has 3 fully saturated rings. The Balaban J connectivity index is 0.00000342. The standard InChI is InChI=1S/C26H38N4O4.ClH/c1-2-3-15-29-24(31)23(18-20-7-5-4-6-8-20)27-25(32)26(29)13-16-28(17-14-26)19-21-9-11-22(12-10-21)30(33)34;/h9-12,20,23H,2-8,13-19H2,1H3,(H,27,32);1H. The fourth-order valence-corrected chi connectivity index (χ4v) is 5.99. The Labute approximate surface area is 214 Å². The van der Waals surface area contributed by atoms with Crippen molar-refractivity contribution in [1.29, 1.82) is 0 Å². The SMILES string of the molecule is CCCCN1C(=O)C(CC2CCCCC2)NC(=O)C12CCN(Cc1ccc([N+](=O)[O-])cc1)CC2.Cl. The van der Waals surface area contributed by atoms with Gasteiger partial charge in [-0.25, -0.2) is 0 Å². The molecule has 1 aliphatic carbocycles. The Bertz CT molecular complexity index is 880. The van der Waals surface area contributed by atoms with Crippen molar-refractivity contribution in [1.82, 2.24) is 15.1 Å². The molecule has 2 aliphatic heterocycles. The molecule has 1 aromatic carbocycles. The van der Waals surface area contributed by atoms with Crippen LogP contribution >= 0.6 is 12.4 Å². The number of nitrogens with one attached hydrogen (secondary N) is 1. The summed E-state index contributed by atoms with van der Waals surface area (Å²) in [7, 11) is 0. The van der Waals surface area contributed by atoms with Crippen molar-refractivity contribution < 1.29 is 14.5 Å². The first-order valence-corrected chi connectivity index (χ1v) is 13.0. The van der Waals surface area contributed by atoms with Gasteiger partial charge in [0.2, 0.25) is 11.8 Å². The van der Waals surface area contributed by atoms with Gasteiger partial charge in [-0.2, -0.15) is 0 Å². The molecule has 194 valence electrons. The van der Waals surface area contributed by atoms with Crippen LogP contribution in [0.4, 0.5) is 5.69 Å².